The number of ether oxygens (including phenoxy) is 2. The summed E-state index contributed by atoms with van der Waals surface area (Å²) in [6, 6.07) is 15.1. The number of benzene rings is 2. The number of nitrogens with one attached hydrogen (secondary N) is 2. The summed E-state index contributed by atoms with van der Waals surface area (Å²) in [5.74, 6) is -1.52. The highest BCUT2D eigenvalue weighted by molar-refractivity contribution is 7.90. The molecule has 1 aromatic heterocycles. The maximum absolute atomic E-state index is 12.9. The molecule has 0 unspecified atom stereocenters. The minimum absolute atomic E-state index is 0.0208. The van der Waals surface area contributed by atoms with Gasteiger partial charge in [-0.2, -0.15) is 0 Å². The van der Waals surface area contributed by atoms with E-state index in [0.717, 1.165) is 44.4 Å². The lowest BCUT2D eigenvalue weighted by molar-refractivity contribution is 0.0204. The van der Waals surface area contributed by atoms with Crippen LogP contribution < -0.4 is 14.8 Å². The summed E-state index contributed by atoms with van der Waals surface area (Å²) >= 11 is 6.13. The van der Waals surface area contributed by atoms with Crippen molar-refractivity contribution in [3.63, 3.8) is 0 Å². The molecule has 210 valence electrons. The summed E-state index contributed by atoms with van der Waals surface area (Å²) < 4.78 is 38.7. The largest absolute Gasteiger partial charge is 0.492 e. The third kappa shape index (κ3) is 7.80. The Morgan fingerprint density at radius 1 is 0.950 bits per heavy atom. The van der Waals surface area contributed by atoms with Crippen LogP contribution in [0.25, 0.3) is 0 Å². The number of aromatic nitrogens is 1. The Kier molecular flexibility index (Phi) is 9.73. The lowest BCUT2D eigenvalue weighted by atomic mass is 9.98. The van der Waals surface area contributed by atoms with Crippen LogP contribution in [0.3, 0.4) is 0 Å². The number of carbonyl (C=O) groups is 3. The second kappa shape index (κ2) is 13.4. The van der Waals surface area contributed by atoms with Gasteiger partial charge in [-0.3, -0.25) is 9.59 Å². The zero-order valence-electron chi connectivity index (χ0n) is 21.5. The van der Waals surface area contributed by atoms with Gasteiger partial charge in [0, 0.05) is 6.20 Å². The number of carbonyl (C=O) groups excluding carboxylic acids is 3. The van der Waals surface area contributed by atoms with Crippen LogP contribution in [0.1, 0.15) is 63.3 Å². The second-order valence-electron chi connectivity index (χ2n) is 9.09. The minimum Gasteiger partial charge on any atom is -0.492 e. The van der Waals surface area contributed by atoms with E-state index in [1.165, 1.54) is 24.3 Å². The molecule has 12 heteroatoms. The first-order chi connectivity index (χ1) is 19.2. The van der Waals surface area contributed by atoms with Gasteiger partial charge in [-0.25, -0.2) is 22.9 Å². The molecule has 0 radical (unpaired) electrons. The van der Waals surface area contributed by atoms with Gasteiger partial charge < -0.3 is 14.8 Å². The zero-order valence-corrected chi connectivity index (χ0v) is 23.0. The summed E-state index contributed by atoms with van der Waals surface area (Å²) in [7, 11) is -4.37. The highest BCUT2D eigenvalue weighted by Crippen LogP contribution is 2.22. The first-order valence-corrected chi connectivity index (χ1v) is 14.6. The minimum atomic E-state index is -4.37. The Morgan fingerprint density at radius 2 is 1.70 bits per heavy atom. The van der Waals surface area contributed by atoms with Crippen molar-refractivity contribution in [2.24, 2.45) is 0 Å². The summed E-state index contributed by atoms with van der Waals surface area (Å²) in [6.45, 7) is 0.335. The number of nitrogens with zero attached hydrogens (tertiary/aromatic N) is 1. The lowest BCUT2D eigenvalue weighted by Crippen LogP contribution is -2.31. The number of sulfonamides is 1. The van der Waals surface area contributed by atoms with Crippen molar-refractivity contribution in [1.82, 2.24) is 15.0 Å². The third-order valence-electron chi connectivity index (χ3n) is 6.18. The van der Waals surface area contributed by atoms with Gasteiger partial charge in [-0.1, -0.05) is 36.2 Å². The van der Waals surface area contributed by atoms with Crippen LogP contribution in [0.2, 0.25) is 5.02 Å². The van der Waals surface area contributed by atoms with E-state index in [9.17, 15) is 22.8 Å². The quantitative estimate of drug-likeness (QED) is 0.267. The average molecular weight is 586 g/mol. The second-order valence-corrected chi connectivity index (χ2v) is 11.2. The molecule has 40 heavy (non-hydrogen) atoms. The van der Waals surface area contributed by atoms with Crippen LogP contribution in [0.15, 0.2) is 71.8 Å². The number of esters is 1. The van der Waals surface area contributed by atoms with Gasteiger partial charge in [0.05, 0.1) is 27.6 Å². The third-order valence-corrected chi connectivity index (χ3v) is 7.84. The van der Waals surface area contributed by atoms with Crippen molar-refractivity contribution in [2.75, 3.05) is 13.2 Å². The molecule has 0 saturated heterocycles. The van der Waals surface area contributed by atoms with E-state index in [-0.39, 0.29) is 46.0 Å². The number of hydrogen-bond donors (Lipinski definition) is 2. The molecule has 1 fully saturated rings. The van der Waals surface area contributed by atoms with Crippen molar-refractivity contribution < 1.29 is 32.3 Å². The predicted octanol–water partition coefficient (Wildman–Crippen LogP) is 4.15. The molecule has 0 bridgehead atoms. The zero-order chi connectivity index (χ0) is 28.5. The lowest BCUT2D eigenvalue weighted by Gasteiger charge is -2.21. The topological polar surface area (TPSA) is 141 Å². The Balaban J connectivity index is 1.35. The van der Waals surface area contributed by atoms with Gasteiger partial charge in [-0.05, 0) is 68.1 Å². The summed E-state index contributed by atoms with van der Waals surface area (Å²) in [6.07, 6.45) is 5.69. The Hall–Kier alpha value is -3.96. The smallest absolute Gasteiger partial charge is 0.357 e. The van der Waals surface area contributed by atoms with E-state index in [4.69, 9.17) is 21.1 Å². The molecule has 3 aromatic rings. The van der Waals surface area contributed by atoms with Gasteiger partial charge in [0.25, 0.3) is 21.8 Å². The SMILES string of the molecule is O=C(NS(=O)(=O)c1ccc(Cl)c(C(=O)NCCOc2ccccc2)c1)c1ccc(C(=O)OC2CCCCC2)nc1. The Morgan fingerprint density at radius 3 is 2.40 bits per heavy atom. The Bertz CT molecular complexity index is 1460. The van der Waals surface area contributed by atoms with E-state index in [0.29, 0.717) is 5.75 Å². The number of amides is 2. The first kappa shape index (κ1) is 29.0. The average Bonchev–Trinajstić information content (AvgIpc) is 2.96. The maximum atomic E-state index is 12.9. The highest BCUT2D eigenvalue weighted by atomic mass is 35.5. The van der Waals surface area contributed by atoms with Crippen LogP contribution in [-0.4, -0.2) is 50.4 Å². The van der Waals surface area contributed by atoms with Crippen molar-refractivity contribution in [2.45, 2.75) is 43.1 Å². The molecule has 1 aliphatic carbocycles. The van der Waals surface area contributed by atoms with Crippen molar-refractivity contribution in [3.8, 4) is 5.75 Å². The van der Waals surface area contributed by atoms with E-state index >= 15 is 0 Å². The summed E-state index contributed by atoms with van der Waals surface area (Å²) in [5, 5.41) is 2.65. The van der Waals surface area contributed by atoms with E-state index in [1.54, 1.807) is 12.1 Å². The molecular formula is C28H28ClN3O7S. The Labute approximate surface area is 237 Å². The van der Waals surface area contributed by atoms with Gasteiger partial charge in [0.1, 0.15) is 24.2 Å². The molecule has 0 atom stereocenters. The number of rotatable bonds is 10. The van der Waals surface area contributed by atoms with E-state index in [1.807, 2.05) is 22.9 Å². The van der Waals surface area contributed by atoms with Crippen molar-refractivity contribution in [1.29, 1.82) is 0 Å². The number of halogens is 1. The normalized spacial score (nSPS) is 13.7. The van der Waals surface area contributed by atoms with Crippen LogP contribution in [0.5, 0.6) is 5.75 Å². The van der Waals surface area contributed by atoms with Crippen LogP contribution in [0.4, 0.5) is 0 Å². The molecule has 1 heterocycles. The van der Waals surface area contributed by atoms with E-state index in [2.05, 4.69) is 10.3 Å². The van der Waals surface area contributed by atoms with Crippen LogP contribution >= 0.6 is 11.6 Å². The molecule has 2 aromatic carbocycles. The molecule has 4 rings (SSSR count). The number of para-hydroxylation sites is 1. The summed E-state index contributed by atoms with van der Waals surface area (Å²) in [5.41, 5.74) is -0.144. The number of pyridine rings is 1. The molecule has 1 aliphatic rings. The van der Waals surface area contributed by atoms with Gasteiger partial charge in [0.2, 0.25) is 0 Å². The molecule has 2 amide bonds. The predicted molar refractivity (Wildman–Crippen MR) is 147 cm³/mol. The standard InChI is InChI=1S/C28H28ClN3O7S/c29-24-13-12-22(17-23(24)27(34)30-15-16-38-20-7-3-1-4-8-20)40(36,37)32-26(33)19-11-14-25(31-18-19)28(35)39-21-9-5-2-6-10-21/h1,3-4,7-8,11-14,17-18,21H,2,5-6,9-10,15-16H2,(H,30,34)(H,32,33). The van der Waals surface area contributed by atoms with Crippen LogP contribution in [0, 0.1) is 0 Å². The summed E-state index contributed by atoms with van der Waals surface area (Å²) in [4.78, 5) is 41.2. The highest BCUT2D eigenvalue weighted by Gasteiger charge is 2.23. The van der Waals surface area contributed by atoms with Crippen molar-refractivity contribution >= 4 is 39.4 Å². The molecular weight excluding hydrogens is 558 g/mol. The molecule has 2 N–H and O–H groups in total. The van der Waals surface area contributed by atoms with Crippen LogP contribution in [-0.2, 0) is 14.8 Å². The monoisotopic (exact) mass is 585 g/mol. The molecule has 10 nitrogen and oxygen atoms in total. The fourth-order valence-corrected chi connectivity index (χ4v) is 5.28. The maximum Gasteiger partial charge on any atom is 0.357 e. The molecule has 0 aliphatic heterocycles. The van der Waals surface area contributed by atoms with E-state index < -0.39 is 27.8 Å². The first-order valence-electron chi connectivity index (χ1n) is 12.7. The fraction of sp³-hybridized carbons (Fsp3) is 0.286. The van der Waals surface area contributed by atoms with Gasteiger partial charge in [0.15, 0.2) is 0 Å². The van der Waals surface area contributed by atoms with Gasteiger partial charge in [-0.15, -0.1) is 0 Å². The molecule has 0 spiro atoms. The molecule has 1 saturated carbocycles. The fourth-order valence-electron chi connectivity index (χ4n) is 4.07. The van der Waals surface area contributed by atoms with Crippen molar-refractivity contribution in [3.05, 3.63) is 88.7 Å². The van der Waals surface area contributed by atoms with Gasteiger partial charge >= 0.3 is 5.97 Å². The number of hydrogen-bond acceptors (Lipinski definition) is 8.